The number of hydrogen-bond donors (Lipinski definition) is 3. The SMILES string of the molecule is NNc1nc2c(cc1F)c(=O)c(OC(=O)O)cn2C1CC1. The maximum atomic E-state index is 13.7. The van der Waals surface area contributed by atoms with Crippen LogP contribution in [-0.2, 0) is 0 Å². The number of nitrogens with one attached hydrogen (secondary N) is 1. The number of halogens is 1. The van der Waals surface area contributed by atoms with Crippen LogP contribution in [0.5, 0.6) is 5.75 Å². The first kappa shape index (κ1) is 13.3. The maximum absolute atomic E-state index is 13.7. The minimum atomic E-state index is -1.61. The molecular formula is C12H11FN4O4. The quantitative estimate of drug-likeness (QED) is 0.442. The summed E-state index contributed by atoms with van der Waals surface area (Å²) in [4.78, 5) is 26.8. The highest BCUT2D eigenvalue weighted by atomic mass is 19.1. The molecule has 0 atom stereocenters. The molecule has 0 spiro atoms. The minimum absolute atomic E-state index is 0.0582. The van der Waals surface area contributed by atoms with Crippen LogP contribution in [0.25, 0.3) is 11.0 Å². The lowest BCUT2D eigenvalue weighted by atomic mass is 10.2. The molecule has 9 heteroatoms. The largest absolute Gasteiger partial charge is 0.511 e. The molecule has 1 aliphatic rings. The third-order valence-electron chi connectivity index (χ3n) is 3.20. The van der Waals surface area contributed by atoms with Crippen molar-refractivity contribution >= 4 is 23.0 Å². The fraction of sp³-hybridized carbons (Fsp3) is 0.250. The second-order valence-corrected chi connectivity index (χ2v) is 4.66. The zero-order valence-corrected chi connectivity index (χ0v) is 10.7. The molecule has 2 aromatic heterocycles. The number of fused-ring (bicyclic) bond motifs is 1. The van der Waals surface area contributed by atoms with Gasteiger partial charge in [0.1, 0.15) is 5.65 Å². The molecule has 1 fully saturated rings. The van der Waals surface area contributed by atoms with Crippen LogP contribution in [0.2, 0.25) is 0 Å². The summed E-state index contributed by atoms with van der Waals surface area (Å²) in [5.74, 6) is 3.80. The van der Waals surface area contributed by atoms with Crippen LogP contribution in [0.4, 0.5) is 15.0 Å². The summed E-state index contributed by atoms with van der Waals surface area (Å²) in [5.41, 5.74) is 1.61. The van der Waals surface area contributed by atoms with E-state index in [4.69, 9.17) is 10.9 Å². The van der Waals surface area contributed by atoms with E-state index in [0.717, 1.165) is 18.9 Å². The molecule has 2 aromatic rings. The second-order valence-electron chi connectivity index (χ2n) is 4.66. The van der Waals surface area contributed by atoms with Gasteiger partial charge in [-0.2, -0.15) is 0 Å². The standard InChI is InChI=1S/C12H11FN4O4/c13-7-3-6-9(18)8(21-12(19)20)4-17(5-1-2-5)11(6)15-10(7)16-14/h3-5H,1-2,14H2,(H,15,16)(H,19,20). The van der Waals surface area contributed by atoms with Gasteiger partial charge in [-0.3, -0.25) is 4.79 Å². The number of hydrazine groups is 1. The molecule has 0 aliphatic heterocycles. The predicted octanol–water partition coefficient (Wildman–Crippen LogP) is 1.21. The number of aromatic nitrogens is 2. The zero-order valence-electron chi connectivity index (χ0n) is 10.7. The Hall–Kier alpha value is -2.68. The first-order valence-corrected chi connectivity index (χ1v) is 6.14. The Labute approximate surface area is 116 Å². The second kappa shape index (κ2) is 4.70. The van der Waals surface area contributed by atoms with E-state index in [2.05, 4.69) is 15.1 Å². The number of carbonyl (C=O) groups is 1. The molecule has 21 heavy (non-hydrogen) atoms. The Morgan fingerprint density at radius 1 is 1.57 bits per heavy atom. The van der Waals surface area contributed by atoms with Crippen molar-refractivity contribution in [3.05, 3.63) is 28.3 Å². The minimum Gasteiger partial charge on any atom is -0.449 e. The summed E-state index contributed by atoms with van der Waals surface area (Å²) in [6, 6.07) is 1.04. The number of anilines is 1. The van der Waals surface area contributed by atoms with Crippen molar-refractivity contribution < 1.29 is 19.0 Å². The number of carboxylic acid groups (broad SMARTS) is 1. The van der Waals surface area contributed by atoms with Crippen molar-refractivity contribution in [1.29, 1.82) is 0 Å². The molecule has 0 radical (unpaired) electrons. The zero-order chi connectivity index (χ0) is 15.1. The highest BCUT2D eigenvalue weighted by Crippen LogP contribution is 2.37. The normalized spacial score (nSPS) is 14.2. The number of nitrogens with zero attached hydrogens (tertiary/aromatic N) is 2. The van der Waals surface area contributed by atoms with Crippen molar-refractivity contribution in [2.75, 3.05) is 5.43 Å². The van der Waals surface area contributed by atoms with Crippen LogP contribution in [0.1, 0.15) is 18.9 Å². The van der Waals surface area contributed by atoms with Gasteiger partial charge >= 0.3 is 6.16 Å². The van der Waals surface area contributed by atoms with E-state index in [1.54, 1.807) is 4.57 Å². The van der Waals surface area contributed by atoms with Gasteiger partial charge in [0.2, 0.25) is 5.43 Å². The van der Waals surface area contributed by atoms with Crippen LogP contribution in [0.3, 0.4) is 0 Å². The molecule has 110 valence electrons. The average molecular weight is 294 g/mol. The number of nitrogens with two attached hydrogens (primary N) is 1. The predicted molar refractivity (Wildman–Crippen MR) is 70.7 cm³/mol. The third-order valence-corrected chi connectivity index (χ3v) is 3.20. The summed E-state index contributed by atoms with van der Waals surface area (Å²) in [6.07, 6.45) is 1.38. The van der Waals surface area contributed by atoms with E-state index in [0.29, 0.717) is 0 Å². The number of ether oxygens (including phenoxy) is 1. The van der Waals surface area contributed by atoms with E-state index in [1.165, 1.54) is 6.20 Å². The van der Waals surface area contributed by atoms with Gasteiger partial charge in [0.05, 0.1) is 11.6 Å². The molecule has 2 heterocycles. The topological polar surface area (TPSA) is 119 Å². The van der Waals surface area contributed by atoms with E-state index in [9.17, 15) is 14.0 Å². The van der Waals surface area contributed by atoms with Crippen molar-refractivity contribution in [1.82, 2.24) is 9.55 Å². The lowest BCUT2D eigenvalue weighted by Crippen LogP contribution is -2.18. The van der Waals surface area contributed by atoms with Crippen LogP contribution in [0, 0.1) is 5.82 Å². The van der Waals surface area contributed by atoms with Crippen LogP contribution in [0.15, 0.2) is 17.1 Å². The molecule has 0 saturated heterocycles. The van der Waals surface area contributed by atoms with E-state index in [1.807, 2.05) is 0 Å². The molecule has 0 aromatic carbocycles. The molecule has 0 amide bonds. The number of rotatable bonds is 3. The summed E-state index contributed by atoms with van der Waals surface area (Å²) >= 11 is 0. The Morgan fingerprint density at radius 3 is 2.86 bits per heavy atom. The molecule has 8 nitrogen and oxygen atoms in total. The fourth-order valence-corrected chi connectivity index (χ4v) is 2.12. The van der Waals surface area contributed by atoms with E-state index >= 15 is 0 Å². The summed E-state index contributed by atoms with van der Waals surface area (Å²) in [5, 5.41) is 8.60. The van der Waals surface area contributed by atoms with Gasteiger partial charge in [0, 0.05) is 6.04 Å². The molecule has 3 rings (SSSR count). The van der Waals surface area contributed by atoms with Gasteiger partial charge in [0.15, 0.2) is 17.4 Å². The lowest BCUT2D eigenvalue weighted by molar-refractivity contribution is 0.143. The number of hydrogen-bond acceptors (Lipinski definition) is 6. The van der Waals surface area contributed by atoms with Crippen molar-refractivity contribution in [2.45, 2.75) is 18.9 Å². The van der Waals surface area contributed by atoms with Gasteiger partial charge in [0.25, 0.3) is 0 Å². The maximum Gasteiger partial charge on any atom is 0.511 e. The first-order valence-electron chi connectivity index (χ1n) is 6.14. The fourth-order valence-electron chi connectivity index (χ4n) is 2.12. The van der Waals surface area contributed by atoms with Crippen LogP contribution < -0.4 is 21.4 Å². The molecule has 1 saturated carbocycles. The summed E-state index contributed by atoms with van der Waals surface area (Å²) < 4.78 is 19.8. The van der Waals surface area contributed by atoms with Gasteiger partial charge in [-0.05, 0) is 18.9 Å². The van der Waals surface area contributed by atoms with E-state index < -0.39 is 17.4 Å². The average Bonchev–Trinajstić information content (AvgIpc) is 3.26. The Bertz CT molecular complexity index is 800. The van der Waals surface area contributed by atoms with Crippen molar-refractivity contribution in [2.24, 2.45) is 5.84 Å². The molecule has 0 unspecified atom stereocenters. The molecular weight excluding hydrogens is 283 g/mol. The number of nitrogen functional groups attached to an aromatic ring is 1. The van der Waals surface area contributed by atoms with Crippen LogP contribution in [-0.4, -0.2) is 20.8 Å². The first-order chi connectivity index (χ1) is 10.0. The van der Waals surface area contributed by atoms with Gasteiger partial charge in [-0.25, -0.2) is 20.0 Å². The van der Waals surface area contributed by atoms with Gasteiger partial charge < -0.3 is 19.8 Å². The lowest BCUT2D eigenvalue weighted by Gasteiger charge is -2.12. The Kier molecular flexibility index (Phi) is 2.98. The smallest absolute Gasteiger partial charge is 0.449 e. The Balaban J connectivity index is 2.32. The van der Waals surface area contributed by atoms with Crippen LogP contribution >= 0.6 is 0 Å². The van der Waals surface area contributed by atoms with Gasteiger partial charge in [-0.15, -0.1) is 0 Å². The van der Waals surface area contributed by atoms with Crippen molar-refractivity contribution in [3.8, 4) is 5.75 Å². The summed E-state index contributed by atoms with van der Waals surface area (Å²) in [7, 11) is 0. The third kappa shape index (κ3) is 2.27. The monoisotopic (exact) mass is 294 g/mol. The highest BCUT2D eigenvalue weighted by Gasteiger charge is 2.27. The van der Waals surface area contributed by atoms with Gasteiger partial charge in [-0.1, -0.05) is 0 Å². The molecule has 1 aliphatic carbocycles. The highest BCUT2D eigenvalue weighted by molar-refractivity contribution is 5.79. The molecule has 0 bridgehead atoms. The van der Waals surface area contributed by atoms with Crippen molar-refractivity contribution in [3.63, 3.8) is 0 Å². The molecule has 4 N–H and O–H groups in total. The van der Waals surface area contributed by atoms with E-state index in [-0.39, 0.29) is 28.6 Å². The Morgan fingerprint density at radius 2 is 2.29 bits per heavy atom. The summed E-state index contributed by atoms with van der Waals surface area (Å²) in [6.45, 7) is 0. The number of pyridine rings is 2.